The molecule has 0 unspecified atom stereocenters. The fraction of sp³-hybridized carbons (Fsp3) is 0.292. The van der Waals surface area contributed by atoms with Crippen molar-refractivity contribution in [1.82, 2.24) is 14.8 Å². The SMILES string of the molecule is C=CCn1c(COc2cc(C)c(Cl)c(C)c2)nnc1SCC(=O)Nc1cc(OC)ccc1OC. The number of methoxy groups -OCH3 is 2. The van der Waals surface area contributed by atoms with Gasteiger partial charge in [0.1, 0.15) is 23.9 Å². The second-order valence-corrected chi connectivity index (χ2v) is 8.68. The monoisotopic (exact) mass is 502 g/mol. The third-order valence-electron chi connectivity index (χ3n) is 4.90. The molecule has 1 N–H and O–H groups in total. The van der Waals surface area contributed by atoms with E-state index in [0.29, 0.717) is 40.5 Å². The average Bonchev–Trinajstić information content (AvgIpc) is 3.21. The number of halogens is 1. The fourth-order valence-corrected chi connectivity index (χ4v) is 4.09. The highest BCUT2D eigenvalue weighted by molar-refractivity contribution is 7.99. The molecule has 0 aliphatic heterocycles. The molecule has 0 aliphatic rings. The number of aryl methyl sites for hydroxylation is 2. The van der Waals surface area contributed by atoms with Gasteiger partial charge in [0.15, 0.2) is 11.0 Å². The summed E-state index contributed by atoms with van der Waals surface area (Å²) in [5, 5.41) is 12.7. The van der Waals surface area contributed by atoms with Crippen molar-refractivity contribution in [3.63, 3.8) is 0 Å². The van der Waals surface area contributed by atoms with E-state index in [1.54, 1.807) is 38.5 Å². The van der Waals surface area contributed by atoms with Crippen LogP contribution >= 0.6 is 23.4 Å². The van der Waals surface area contributed by atoms with Gasteiger partial charge < -0.3 is 19.5 Å². The number of rotatable bonds is 11. The predicted molar refractivity (Wildman–Crippen MR) is 134 cm³/mol. The van der Waals surface area contributed by atoms with Crippen molar-refractivity contribution in [3.8, 4) is 17.2 Å². The molecule has 1 amide bonds. The van der Waals surface area contributed by atoms with Gasteiger partial charge in [-0.05, 0) is 49.2 Å². The van der Waals surface area contributed by atoms with Crippen molar-refractivity contribution < 1.29 is 19.0 Å². The summed E-state index contributed by atoms with van der Waals surface area (Å²) >= 11 is 7.51. The minimum Gasteiger partial charge on any atom is -0.497 e. The minimum atomic E-state index is -0.213. The van der Waals surface area contributed by atoms with E-state index in [9.17, 15) is 4.79 Å². The van der Waals surface area contributed by atoms with E-state index < -0.39 is 0 Å². The van der Waals surface area contributed by atoms with Gasteiger partial charge in [-0.2, -0.15) is 0 Å². The van der Waals surface area contributed by atoms with Gasteiger partial charge in [-0.25, -0.2) is 0 Å². The summed E-state index contributed by atoms with van der Waals surface area (Å²) in [6.45, 7) is 8.38. The lowest BCUT2D eigenvalue weighted by atomic mass is 10.1. The molecule has 2 aromatic carbocycles. The Bertz CT molecular complexity index is 1160. The number of hydrogen-bond acceptors (Lipinski definition) is 7. The number of benzene rings is 2. The lowest BCUT2D eigenvalue weighted by Gasteiger charge is -2.12. The van der Waals surface area contributed by atoms with Crippen LogP contribution in [0.15, 0.2) is 48.1 Å². The molecule has 34 heavy (non-hydrogen) atoms. The Morgan fingerprint density at radius 3 is 2.53 bits per heavy atom. The molecule has 0 radical (unpaired) electrons. The molecule has 8 nitrogen and oxygen atoms in total. The number of carbonyl (C=O) groups is 1. The van der Waals surface area contributed by atoms with E-state index in [2.05, 4.69) is 22.1 Å². The van der Waals surface area contributed by atoms with E-state index >= 15 is 0 Å². The number of aromatic nitrogens is 3. The molecule has 10 heteroatoms. The summed E-state index contributed by atoms with van der Waals surface area (Å²) in [5.41, 5.74) is 2.42. The largest absolute Gasteiger partial charge is 0.497 e. The van der Waals surface area contributed by atoms with Crippen LogP contribution in [0.4, 0.5) is 5.69 Å². The normalized spacial score (nSPS) is 10.6. The van der Waals surface area contributed by atoms with Crippen LogP contribution in [0.2, 0.25) is 5.02 Å². The molecule has 1 heterocycles. The lowest BCUT2D eigenvalue weighted by Crippen LogP contribution is -2.15. The third-order valence-corrected chi connectivity index (χ3v) is 6.46. The molecule has 0 bridgehead atoms. The Balaban J connectivity index is 1.66. The molecule has 0 atom stereocenters. The Kier molecular flexibility index (Phi) is 8.84. The summed E-state index contributed by atoms with van der Waals surface area (Å²) in [6, 6.07) is 8.97. The number of nitrogens with zero attached hydrogens (tertiary/aromatic N) is 3. The first-order chi connectivity index (χ1) is 16.4. The maximum atomic E-state index is 12.6. The van der Waals surface area contributed by atoms with E-state index in [0.717, 1.165) is 16.1 Å². The van der Waals surface area contributed by atoms with Crippen molar-refractivity contribution >= 4 is 35.0 Å². The van der Waals surface area contributed by atoms with Crippen LogP contribution in [0, 0.1) is 13.8 Å². The Labute approximate surface area is 208 Å². The molecule has 1 aromatic heterocycles. The van der Waals surface area contributed by atoms with E-state index in [-0.39, 0.29) is 18.3 Å². The number of anilines is 1. The van der Waals surface area contributed by atoms with Crippen LogP contribution in [-0.4, -0.2) is 40.6 Å². The zero-order valence-corrected chi connectivity index (χ0v) is 21.1. The number of allylic oxidation sites excluding steroid dienone is 1. The summed E-state index contributed by atoms with van der Waals surface area (Å²) in [4.78, 5) is 12.6. The van der Waals surface area contributed by atoms with Crippen molar-refractivity contribution in [1.29, 1.82) is 0 Å². The zero-order chi connectivity index (χ0) is 24.7. The molecular formula is C24H27ClN4O4S. The fourth-order valence-electron chi connectivity index (χ4n) is 3.21. The molecule has 3 rings (SSSR count). The van der Waals surface area contributed by atoms with Crippen molar-refractivity contribution in [2.45, 2.75) is 32.2 Å². The number of nitrogens with one attached hydrogen (secondary N) is 1. The second-order valence-electron chi connectivity index (χ2n) is 7.36. The van der Waals surface area contributed by atoms with E-state index in [4.69, 9.17) is 25.8 Å². The maximum absolute atomic E-state index is 12.6. The summed E-state index contributed by atoms with van der Waals surface area (Å²) in [5.74, 6) is 2.41. The quantitative estimate of drug-likeness (QED) is 0.289. The van der Waals surface area contributed by atoms with Crippen LogP contribution in [-0.2, 0) is 17.9 Å². The highest BCUT2D eigenvalue weighted by Crippen LogP contribution is 2.30. The van der Waals surface area contributed by atoms with E-state index in [1.807, 2.05) is 30.5 Å². The Hall–Kier alpha value is -3.17. The van der Waals surface area contributed by atoms with E-state index in [1.165, 1.54) is 11.8 Å². The molecule has 0 saturated heterocycles. The summed E-state index contributed by atoms with van der Waals surface area (Å²) in [7, 11) is 3.10. The highest BCUT2D eigenvalue weighted by Gasteiger charge is 2.16. The van der Waals surface area contributed by atoms with Crippen molar-refractivity contribution in [2.75, 3.05) is 25.3 Å². The molecular weight excluding hydrogens is 476 g/mol. The average molecular weight is 503 g/mol. The number of hydrogen-bond donors (Lipinski definition) is 1. The number of carbonyl (C=O) groups excluding carboxylic acids is 1. The van der Waals surface area contributed by atoms with Crippen LogP contribution in [0.3, 0.4) is 0 Å². The predicted octanol–water partition coefficient (Wildman–Crippen LogP) is 5.06. The second kappa shape index (κ2) is 11.8. The first kappa shape index (κ1) is 25.5. The first-order valence-electron chi connectivity index (χ1n) is 10.4. The number of ether oxygens (including phenoxy) is 3. The molecule has 3 aromatic rings. The molecule has 0 spiro atoms. The molecule has 0 aliphatic carbocycles. The Morgan fingerprint density at radius 2 is 1.88 bits per heavy atom. The van der Waals surface area contributed by atoms with Crippen LogP contribution in [0.1, 0.15) is 17.0 Å². The van der Waals surface area contributed by atoms with Crippen LogP contribution < -0.4 is 19.5 Å². The zero-order valence-electron chi connectivity index (χ0n) is 19.6. The van der Waals surface area contributed by atoms with Gasteiger partial charge in [0.25, 0.3) is 0 Å². The molecule has 0 saturated carbocycles. The van der Waals surface area contributed by atoms with Gasteiger partial charge in [0, 0.05) is 17.6 Å². The number of thioether (sulfide) groups is 1. The third kappa shape index (κ3) is 6.24. The van der Waals surface area contributed by atoms with Crippen molar-refractivity contribution in [3.05, 3.63) is 65.0 Å². The maximum Gasteiger partial charge on any atom is 0.234 e. The van der Waals surface area contributed by atoms with Gasteiger partial charge in [-0.1, -0.05) is 29.4 Å². The van der Waals surface area contributed by atoms with Crippen molar-refractivity contribution in [2.24, 2.45) is 0 Å². The topological polar surface area (TPSA) is 87.5 Å². The summed E-state index contributed by atoms with van der Waals surface area (Å²) < 4.78 is 18.3. The highest BCUT2D eigenvalue weighted by atomic mass is 35.5. The summed E-state index contributed by atoms with van der Waals surface area (Å²) in [6.07, 6.45) is 1.74. The molecule has 180 valence electrons. The first-order valence-corrected chi connectivity index (χ1v) is 11.8. The van der Waals surface area contributed by atoms with Crippen LogP contribution in [0.5, 0.6) is 17.2 Å². The molecule has 0 fully saturated rings. The van der Waals surface area contributed by atoms with Gasteiger partial charge in [0.2, 0.25) is 5.91 Å². The smallest absolute Gasteiger partial charge is 0.234 e. The Morgan fingerprint density at radius 1 is 1.15 bits per heavy atom. The van der Waals surface area contributed by atoms with Gasteiger partial charge in [-0.15, -0.1) is 16.8 Å². The minimum absolute atomic E-state index is 0.131. The van der Waals surface area contributed by atoms with Gasteiger partial charge in [-0.3, -0.25) is 9.36 Å². The number of amides is 1. The standard InChI is InChI=1S/C24H27ClN4O4S/c1-6-9-29-21(13-33-18-10-15(2)23(25)16(3)11-18)27-28-24(29)34-14-22(30)26-19-12-17(31-4)7-8-20(19)32-5/h6-8,10-12H,1,9,13-14H2,2-5H3,(H,26,30). The van der Waals surface area contributed by atoms with Gasteiger partial charge >= 0.3 is 0 Å². The lowest BCUT2D eigenvalue weighted by molar-refractivity contribution is -0.113. The van der Waals surface area contributed by atoms with Gasteiger partial charge in [0.05, 0.1) is 25.7 Å². The van der Waals surface area contributed by atoms with Crippen LogP contribution in [0.25, 0.3) is 0 Å².